The first-order valence-electron chi connectivity index (χ1n) is 6.07. The molecule has 0 saturated heterocycles. The van der Waals surface area contributed by atoms with E-state index in [2.05, 4.69) is 30.5 Å². The van der Waals surface area contributed by atoms with Crippen molar-refractivity contribution in [3.8, 4) is 0 Å². The maximum Gasteiger partial charge on any atom is 0.211 e. The normalized spacial score (nSPS) is 26.1. The van der Waals surface area contributed by atoms with Crippen molar-refractivity contribution in [2.45, 2.75) is 58.2 Å². The summed E-state index contributed by atoms with van der Waals surface area (Å²) >= 11 is 0. The van der Waals surface area contributed by atoms with Crippen LogP contribution in [0.25, 0.3) is 0 Å². The minimum Gasteiger partial charge on any atom is -0.301 e. The van der Waals surface area contributed by atoms with Crippen molar-refractivity contribution in [2.24, 2.45) is 0 Å². The third-order valence-electron chi connectivity index (χ3n) is 3.32. The van der Waals surface area contributed by atoms with Gasteiger partial charge in [0.2, 0.25) is 10.0 Å². The molecule has 0 bridgehead atoms. The van der Waals surface area contributed by atoms with E-state index in [1.807, 2.05) is 6.92 Å². The van der Waals surface area contributed by atoms with Crippen LogP contribution in [0.5, 0.6) is 0 Å². The molecule has 0 amide bonds. The molecule has 0 aromatic rings. The molecule has 1 aliphatic rings. The second-order valence-corrected chi connectivity index (χ2v) is 6.89. The Morgan fingerprint density at radius 3 is 2.38 bits per heavy atom. The maximum absolute atomic E-state index is 11.5. The van der Waals surface area contributed by atoms with Crippen molar-refractivity contribution in [2.75, 3.05) is 12.8 Å². The second kappa shape index (κ2) is 5.47. The fraction of sp³-hybridized carbons (Fsp3) is 1.00. The van der Waals surface area contributed by atoms with Gasteiger partial charge < -0.3 is 4.90 Å². The van der Waals surface area contributed by atoms with Crippen LogP contribution in [0.4, 0.5) is 0 Å². The summed E-state index contributed by atoms with van der Waals surface area (Å²) in [6.07, 6.45) is 2.56. The molecule has 0 aromatic carbocycles. The summed E-state index contributed by atoms with van der Waals surface area (Å²) in [5.74, 6) is 0.244. The van der Waals surface area contributed by atoms with E-state index in [0.717, 1.165) is 12.8 Å². The van der Waals surface area contributed by atoms with Crippen molar-refractivity contribution in [3.05, 3.63) is 0 Å². The fourth-order valence-electron chi connectivity index (χ4n) is 2.02. The van der Waals surface area contributed by atoms with Gasteiger partial charge in [-0.25, -0.2) is 13.1 Å². The summed E-state index contributed by atoms with van der Waals surface area (Å²) in [4.78, 5) is 2.31. The Hall–Kier alpha value is -0.130. The van der Waals surface area contributed by atoms with Gasteiger partial charge in [-0.1, -0.05) is 6.92 Å². The smallest absolute Gasteiger partial charge is 0.211 e. The van der Waals surface area contributed by atoms with Crippen LogP contribution in [0.2, 0.25) is 0 Å². The number of nitrogens with zero attached hydrogens (tertiary/aromatic N) is 1. The first-order valence-corrected chi connectivity index (χ1v) is 7.73. The molecule has 1 rings (SSSR count). The SMILES string of the molecule is CCCS(=O)(=O)N[C@H]1C[C@@H](N(C)C(C)C)C1. The zero-order valence-electron chi connectivity index (χ0n) is 10.7. The van der Waals surface area contributed by atoms with Gasteiger partial charge in [0.05, 0.1) is 5.75 Å². The van der Waals surface area contributed by atoms with E-state index in [-0.39, 0.29) is 11.8 Å². The van der Waals surface area contributed by atoms with E-state index in [9.17, 15) is 8.42 Å². The highest BCUT2D eigenvalue weighted by atomic mass is 32.2. The number of rotatable bonds is 6. The Balaban J connectivity index is 2.32. The molecule has 96 valence electrons. The Morgan fingerprint density at radius 1 is 1.38 bits per heavy atom. The van der Waals surface area contributed by atoms with Crippen LogP contribution in [-0.4, -0.2) is 44.2 Å². The largest absolute Gasteiger partial charge is 0.301 e. The minimum atomic E-state index is -3.03. The monoisotopic (exact) mass is 248 g/mol. The average Bonchev–Trinajstić information content (AvgIpc) is 2.09. The molecule has 0 unspecified atom stereocenters. The molecule has 1 saturated carbocycles. The van der Waals surface area contributed by atoms with Crippen molar-refractivity contribution in [1.29, 1.82) is 0 Å². The third kappa shape index (κ3) is 3.71. The molecule has 0 atom stereocenters. The lowest BCUT2D eigenvalue weighted by Crippen LogP contribution is -2.54. The Morgan fingerprint density at radius 2 is 1.94 bits per heavy atom. The Bertz CT molecular complexity index is 308. The molecule has 1 N–H and O–H groups in total. The lowest BCUT2D eigenvalue weighted by Gasteiger charge is -2.43. The minimum absolute atomic E-state index is 0.155. The fourth-order valence-corrected chi connectivity index (χ4v) is 3.38. The van der Waals surface area contributed by atoms with Gasteiger partial charge in [0.1, 0.15) is 0 Å². The van der Waals surface area contributed by atoms with Crippen molar-refractivity contribution >= 4 is 10.0 Å². The lowest BCUT2D eigenvalue weighted by atomic mass is 9.86. The van der Waals surface area contributed by atoms with Gasteiger partial charge in [-0.2, -0.15) is 0 Å². The average molecular weight is 248 g/mol. The van der Waals surface area contributed by atoms with Gasteiger partial charge in [-0.15, -0.1) is 0 Å². The zero-order chi connectivity index (χ0) is 12.3. The molecule has 0 radical (unpaired) electrons. The molecule has 16 heavy (non-hydrogen) atoms. The summed E-state index contributed by atoms with van der Waals surface area (Å²) < 4.78 is 25.8. The standard InChI is InChI=1S/C11H24N2O2S/c1-5-6-16(14,15)12-10-7-11(8-10)13(4)9(2)3/h9-12H,5-8H2,1-4H3/t10-,11+. The molecule has 1 fully saturated rings. The van der Waals surface area contributed by atoms with Crippen molar-refractivity contribution in [3.63, 3.8) is 0 Å². The summed E-state index contributed by atoms with van der Waals surface area (Å²) in [5.41, 5.74) is 0. The maximum atomic E-state index is 11.5. The van der Waals surface area contributed by atoms with E-state index in [1.54, 1.807) is 0 Å². The number of hydrogen-bond acceptors (Lipinski definition) is 3. The van der Waals surface area contributed by atoms with Crippen LogP contribution in [0.15, 0.2) is 0 Å². The molecule has 5 heteroatoms. The van der Waals surface area contributed by atoms with E-state index in [1.165, 1.54) is 0 Å². The highest BCUT2D eigenvalue weighted by Gasteiger charge is 2.34. The summed E-state index contributed by atoms with van der Waals surface area (Å²) in [7, 11) is -0.926. The van der Waals surface area contributed by atoms with E-state index < -0.39 is 10.0 Å². The molecule has 0 aliphatic heterocycles. The van der Waals surface area contributed by atoms with E-state index in [0.29, 0.717) is 18.5 Å². The number of nitrogens with one attached hydrogen (secondary N) is 1. The Kier molecular flexibility index (Phi) is 4.76. The first-order chi connectivity index (χ1) is 7.35. The van der Waals surface area contributed by atoms with Crippen LogP contribution in [0.3, 0.4) is 0 Å². The van der Waals surface area contributed by atoms with Crippen molar-refractivity contribution < 1.29 is 8.42 Å². The first kappa shape index (κ1) is 13.9. The van der Waals surface area contributed by atoms with Crippen LogP contribution < -0.4 is 4.72 Å². The van der Waals surface area contributed by atoms with Gasteiger partial charge >= 0.3 is 0 Å². The molecule has 4 nitrogen and oxygen atoms in total. The molecule has 1 aliphatic carbocycles. The van der Waals surface area contributed by atoms with Gasteiger partial charge in [-0.05, 0) is 40.2 Å². The van der Waals surface area contributed by atoms with Crippen LogP contribution in [-0.2, 0) is 10.0 Å². The van der Waals surface area contributed by atoms with Crippen molar-refractivity contribution in [1.82, 2.24) is 9.62 Å². The second-order valence-electron chi connectivity index (χ2n) is 5.02. The summed E-state index contributed by atoms with van der Waals surface area (Å²) in [6, 6.07) is 1.22. The molecule has 0 heterocycles. The van der Waals surface area contributed by atoms with Gasteiger partial charge in [0.15, 0.2) is 0 Å². The van der Waals surface area contributed by atoms with E-state index in [4.69, 9.17) is 0 Å². The summed E-state index contributed by atoms with van der Waals surface area (Å²) in [5, 5.41) is 0. The molecule has 0 spiro atoms. The highest BCUT2D eigenvalue weighted by Crippen LogP contribution is 2.26. The van der Waals surface area contributed by atoms with Gasteiger partial charge in [0.25, 0.3) is 0 Å². The van der Waals surface area contributed by atoms with Crippen LogP contribution in [0.1, 0.15) is 40.0 Å². The van der Waals surface area contributed by atoms with Gasteiger partial charge in [-0.3, -0.25) is 0 Å². The summed E-state index contributed by atoms with van der Waals surface area (Å²) in [6.45, 7) is 6.21. The quantitative estimate of drug-likeness (QED) is 0.768. The molecular weight excluding hydrogens is 224 g/mol. The van der Waals surface area contributed by atoms with E-state index >= 15 is 0 Å². The molecular formula is C11H24N2O2S. The van der Waals surface area contributed by atoms with Gasteiger partial charge in [0, 0.05) is 18.1 Å². The predicted octanol–water partition coefficient (Wildman–Crippen LogP) is 1.19. The third-order valence-corrected chi connectivity index (χ3v) is 4.96. The van der Waals surface area contributed by atoms with Crippen LogP contribution in [0, 0.1) is 0 Å². The predicted molar refractivity (Wildman–Crippen MR) is 66.9 cm³/mol. The van der Waals surface area contributed by atoms with Crippen LogP contribution >= 0.6 is 0 Å². The highest BCUT2D eigenvalue weighted by molar-refractivity contribution is 7.89. The zero-order valence-corrected chi connectivity index (χ0v) is 11.5. The lowest BCUT2D eigenvalue weighted by molar-refractivity contribution is 0.104. The number of hydrogen-bond donors (Lipinski definition) is 1. The number of sulfonamides is 1. The Labute approximate surface area is 99.5 Å². The molecule has 0 aromatic heterocycles. The topological polar surface area (TPSA) is 49.4 Å².